The van der Waals surface area contributed by atoms with Crippen LogP contribution in [0.4, 0.5) is 5.69 Å². The number of carbonyl (C=O) groups excluding carboxylic acids is 2. The summed E-state index contributed by atoms with van der Waals surface area (Å²) < 4.78 is 37.4. The number of nitrogens with one attached hydrogen (secondary N) is 1. The fourth-order valence-corrected chi connectivity index (χ4v) is 5.11. The molecule has 0 bridgehead atoms. The van der Waals surface area contributed by atoms with Crippen LogP contribution in [0.2, 0.25) is 0 Å². The van der Waals surface area contributed by atoms with Gasteiger partial charge in [-0.1, -0.05) is 38.1 Å². The van der Waals surface area contributed by atoms with Gasteiger partial charge in [-0.2, -0.15) is 0 Å². The number of nitrogens with zero attached hydrogens (tertiary/aromatic N) is 2. The zero-order valence-corrected chi connectivity index (χ0v) is 23.9. The van der Waals surface area contributed by atoms with E-state index in [-0.39, 0.29) is 37.7 Å². The van der Waals surface area contributed by atoms with Gasteiger partial charge in [-0.05, 0) is 56.0 Å². The summed E-state index contributed by atoms with van der Waals surface area (Å²) in [6.45, 7) is 6.96. The zero-order chi connectivity index (χ0) is 28.1. The van der Waals surface area contributed by atoms with E-state index >= 15 is 0 Å². The number of anilines is 1. The topological polar surface area (TPSA) is 105 Å². The molecule has 1 atom stereocenters. The number of carbonyl (C=O) groups is 2. The standard InChI is InChI=1S/C28H41N3O6S/c1-6-19-29-28(33)24(7-2)30(21-22-15-17-23(36-4)18-16-22)27(32)14-11-20-31(38(5,34)35)25-12-9-10-13-26(25)37-8-3/h9-10,12-13,15-18,24H,6-8,11,14,19-21H2,1-5H3,(H,29,33)/t24-/m0/s1. The SMILES string of the molecule is CCCNC(=O)[C@H](CC)N(Cc1ccc(OC)cc1)C(=O)CCCN(c1ccccc1OCC)S(C)(=O)=O. The number of amides is 2. The van der Waals surface area contributed by atoms with Crippen LogP contribution in [0.5, 0.6) is 11.5 Å². The van der Waals surface area contributed by atoms with Crippen LogP contribution in [0.3, 0.4) is 0 Å². The highest BCUT2D eigenvalue weighted by molar-refractivity contribution is 7.92. The van der Waals surface area contributed by atoms with Crippen molar-refractivity contribution in [3.8, 4) is 11.5 Å². The van der Waals surface area contributed by atoms with E-state index < -0.39 is 16.1 Å². The average Bonchev–Trinajstić information content (AvgIpc) is 2.90. The molecule has 0 aromatic heterocycles. The fraction of sp³-hybridized carbons (Fsp3) is 0.500. The Morgan fingerprint density at radius 2 is 1.71 bits per heavy atom. The van der Waals surface area contributed by atoms with Gasteiger partial charge >= 0.3 is 0 Å². The fourth-order valence-electron chi connectivity index (χ4n) is 4.14. The van der Waals surface area contributed by atoms with Crippen LogP contribution in [-0.4, -0.2) is 64.2 Å². The normalized spacial score (nSPS) is 11.9. The maximum absolute atomic E-state index is 13.5. The lowest BCUT2D eigenvalue weighted by Crippen LogP contribution is -2.49. The maximum atomic E-state index is 13.5. The van der Waals surface area contributed by atoms with Gasteiger partial charge in [0.2, 0.25) is 21.8 Å². The Morgan fingerprint density at radius 1 is 1.03 bits per heavy atom. The lowest BCUT2D eigenvalue weighted by atomic mass is 10.1. The molecule has 0 saturated carbocycles. The number of hydrogen-bond acceptors (Lipinski definition) is 6. The third-order valence-electron chi connectivity index (χ3n) is 6.03. The quantitative estimate of drug-likeness (QED) is 0.341. The first kappa shape index (κ1) is 31.0. The van der Waals surface area contributed by atoms with Crippen molar-refractivity contribution in [1.29, 1.82) is 0 Å². The molecule has 0 aliphatic carbocycles. The summed E-state index contributed by atoms with van der Waals surface area (Å²) in [4.78, 5) is 28.0. The smallest absolute Gasteiger partial charge is 0.242 e. The lowest BCUT2D eigenvalue weighted by Gasteiger charge is -2.31. The number of para-hydroxylation sites is 2. The summed E-state index contributed by atoms with van der Waals surface area (Å²) in [6, 6.07) is 13.7. The predicted molar refractivity (Wildman–Crippen MR) is 150 cm³/mol. The third-order valence-corrected chi connectivity index (χ3v) is 7.21. The number of benzene rings is 2. The molecule has 2 aromatic rings. The zero-order valence-electron chi connectivity index (χ0n) is 23.1. The average molecular weight is 548 g/mol. The van der Waals surface area contributed by atoms with Crippen molar-refractivity contribution in [2.45, 2.75) is 59.0 Å². The van der Waals surface area contributed by atoms with Gasteiger partial charge in [0.1, 0.15) is 17.5 Å². The highest BCUT2D eigenvalue weighted by Gasteiger charge is 2.29. The molecular formula is C28H41N3O6S. The van der Waals surface area contributed by atoms with Crippen molar-refractivity contribution in [3.63, 3.8) is 0 Å². The minimum atomic E-state index is -3.62. The highest BCUT2D eigenvalue weighted by atomic mass is 32.2. The van der Waals surface area contributed by atoms with E-state index in [4.69, 9.17) is 9.47 Å². The molecule has 210 valence electrons. The maximum Gasteiger partial charge on any atom is 0.242 e. The van der Waals surface area contributed by atoms with Gasteiger partial charge in [0.05, 0.1) is 25.7 Å². The number of sulfonamides is 1. The Labute approximate surface area is 227 Å². The molecule has 2 aromatic carbocycles. The molecule has 9 nitrogen and oxygen atoms in total. The van der Waals surface area contributed by atoms with Gasteiger partial charge in [-0.3, -0.25) is 13.9 Å². The Kier molecular flexibility index (Phi) is 12.4. The monoisotopic (exact) mass is 547 g/mol. The Balaban J connectivity index is 2.24. The van der Waals surface area contributed by atoms with Gasteiger partial charge in [-0.25, -0.2) is 8.42 Å². The van der Waals surface area contributed by atoms with Gasteiger partial charge in [0, 0.05) is 26.1 Å². The van der Waals surface area contributed by atoms with Crippen LogP contribution < -0.4 is 19.1 Å². The minimum Gasteiger partial charge on any atom is -0.497 e. The molecule has 0 heterocycles. The summed E-state index contributed by atoms with van der Waals surface area (Å²) in [6.07, 6.45) is 2.74. The Morgan fingerprint density at radius 3 is 2.29 bits per heavy atom. The van der Waals surface area contributed by atoms with Crippen molar-refractivity contribution in [1.82, 2.24) is 10.2 Å². The van der Waals surface area contributed by atoms with Gasteiger partial charge in [0.15, 0.2) is 0 Å². The van der Waals surface area contributed by atoms with Crippen LogP contribution in [0.25, 0.3) is 0 Å². The lowest BCUT2D eigenvalue weighted by molar-refractivity contribution is -0.141. The molecular weight excluding hydrogens is 506 g/mol. The van der Waals surface area contributed by atoms with E-state index in [1.54, 1.807) is 36.3 Å². The van der Waals surface area contributed by atoms with E-state index in [1.165, 1.54) is 4.31 Å². The van der Waals surface area contributed by atoms with Gasteiger partial charge in [0.25, 0.3) is 0 Å². The molecule has 2 amide bonds. The van der Waals surface area contributed by atoms with Crippen LogP contribution in [0.1, 0.15) is 52.0 Å². The summed E-state index contributed by atoms with van der Waals surface area (Å²) >= 11 is 0. The van der Waals surface area contributed by atoms with E-state index in [9.17, 15) is 18.0 Å². The van der Waals surface area contributed by atoms with Crippen molar-refractivity contribution in [2.24, 2.45) is 0 Å². The molecule has 0 unspecified atom stereocenters. The molecule has 0 fully saturated rings. The molecule has 38 heavy (non-hydrogen) atoms. The van der Waals surface area contributed by atoms with Crippen molar-refractivity contribution in [3.05, 3.63) is 54.1 Å². The van der Waals surface area contributed by atoms with Crippen LogP contribution in [-0.2, 0) is 26.2 Å². The van der Waals surface area contributed by atoms with E-state index in [1.807, 2.05) is 45.0 Å². The third kappa shape index (κ3) is 8.93. The van der Waals surface area contributed by atoms with Crippen molar-refractivity contribution >= 4 is 27.5 Å². The van der Waals surface area contributed by atoms with Gasteiger partial charge < -0.3 is 19.7 Å². The molecule has 2 rings (SSSR count). The van der Waals surface area contributed by atoms with Crippen LogP contribution in [0.15, 0.2) is 48.5 Å². The minimum absolute atomic E-state index is 0.0799. The first-order valence-corrected chi connectivity index (χ1v) is 14.9. The highest BCUT2D eigenvalue weighted by Crippen LogP contribution is 2.30. The second-order valence-electron chi connectivity index (χ2n) is 8.92. The van der Waals surface area contributed by atoms with Crippen LogP contribution in [0, 0.1) is 0 Å². The summed E-state index contributed by atoms with van der Waals surface area (Å²) in [7, 11) is -2.04. The Hall–Kier alpha value is -3.27. The molecule has 10 heteroatoms. The number of methoxy groups -OCH3 is 1. The first-order chi connectivity index (χ1) is 18.2. The largest absolute Gasteiger partial charge is 0.497 e. The molecule has 0 aliphatic rings. The number of rotatable bonds is 16. The molecule has 0 radical (unpaired) electrons. The first-order valence-electron chi connectivity index (χ1n) is 13.1. The molecule has 0 saturated heterocycles. The summed E-state index contributed by atoms with van der Waals surface area (Å²) in [5, 5.41) is 2.90. The number of hydrogen-bond donors (Lipinski definition) is 1. The molecule has 0 aliphatic heterocycles. The van der Waals surface area contributed by atoms with E-state index in [2.05, 4.69) is 5.32 Å². The predicted octanol–water partition coefficient (Wildman–Crippen LogP) is 3.97. The molecule has 1 N–H and O–H groups in total. The van der Waals surface area contributed by atoms with Gasteiger partial charge in [-0.15, -0.1) is 0 Å². The molecule has 0 spiro atoms. The summed E-state index contributed by atoms with van der Waals surface area (Å²) in [5.41, 5.74) is 1.30. The summed E-state index contributed by atoms with van der Waals surface area (Å²) in [5.74, 6) is 0.754. The Bertz CT molecular complexity index is 1140. The second-order valence-corrected chi connectivity index (χ2v) is 10.8. The second kappa shape index (κ2) is 15.2. The van der Waals surface area contributed by atoms with Crippen molar-refractivity contribution in [2.75, 3.05) is 37.4 Å². The van der Waals surface area contributed by atoms with Crippen molar-refractivity contribution < 1.29 is 27.5 Å². The van der Waals surface area contributed by atoms with E-state index in [0.717, 1.165) is 18.2 Å². The number of ether oxygens (including phenoxy) is 2. The van der Waals surface area contributed by atoms with E-state index in [0.29, 0.717) is 36.8 Å². The van der Waals surface area contributed by atoms with Crippen LogP contribution >= 0.6 is 0 Å².